The number of rotatable bonds is 22. The summed E-state index contributed by atoms with van der Waals surface area (Å²) in [5.74, 6) is -0.236. The van der Waals surface area contributed by atoms with E-state index in [2.05, 4.69) is 19.1 Å². The summed E-state index contributed by atoms with van der Waals surface area (Å²) < 4.78 is 16.5. The van der Waals surface area contributed by atoms with Gasteiger partial charge in [-0.3, -0.25) is 4.79 Å². The van der Waals surface area contributed by atoms with E-state index in [-0.39, 0.29) is 24.8 Å². The Hall–Kier alpha value is -0.950. The minimum atomic E-state index is -0.931. The lowest BCUT2D eigenvalue weighted by atomic mass is 10.1. The van der Waals surface area contributed by atoms with E-state index in [0.717, 1.165) is 12.8 Å². The zero-order valence-electron chi connectivity index (χ0n) is 22.3. The molecule has 6 nitrogen and oxygen atoms in total. The number of aliphatic hydroxyl groups excluding tert-OH is 1. The molecular weight excluding hydrogens is 430 g/mol. The van der Waals surface area contributed by atoms with Gasteiger partial charge < -0.3 is 24.2 Å². The fourth-order valence-corrected chi connectivity index (χ4v) is 4.13. The number of carbonyl (C=O) groups is 1. The van der Waals surface area contributed by atoms with Gasteiger partial charge in [-0.15, -0.1) is 0 Å². The maximum absolute atomic E-state index is 11.7. The Labute approximate surface area is 209 Å². The molecule has 1 N–H and O–H groups in total. The van der Waals surface area contributed by atoms with E-state index in [9.17, 15) is 9.90 Å². The van der Waals surface area contributed by atoms with Gasteiger partial charge in [0.15, 0.2) is 6.29 Å². The van der Waals surface area contributed by atoms with E-state index < -0.39 is 6.29 Å². The van der Waals surface area contributed by atoms with Crippen molar-refractivity contribution in [1.29, 1.82) is 0 Å². The minimum Gasteiger partial charge on any atom is -0.463 e. The molecule has 200 valence electrons. The molecule has 1 heterocycles. The molecule has 1 aliphatic heterocycles. The van der Waals surface area contributed by atoms with Crippen molar-refractivity contribution < 1.29 is 24.1 Å². The van der Waals surface area contributed by atoms with Gasteiger partial charge >= 0.3 is 5.97 Å². The lowest BCUT2D eigenvalue weighted by Gasteiger charge is -2.13. The monoisotopic (exact) mass is 483 g/mol. The second-order valence-corrected chi connectivity index (χ2v) is 9.97. The Morgan fingerprint density at radius 2 is 1.53 bits per heavy atom. The van der Waals surface area contributed by atoms with Crippen molar-refractivity contribution >= 4 is 5.97 Å². The van der Waals surface area contributed by atoms with Gasteiger partial charge in [0.05, 0.1) is 12.5 Å². The van der Waals surface area contributed by atoms with Crippen molar-refractivity contribution in [2.24, 2.45) is 0 Å². The third-order valence-electron chi connectivity index (χ3n) is 6.33. The molecule has 0 bridgehead atoms. The molecule has 0 radical (unpaired) electrons. The summed E-state index contributed by atoms with van der Waals surface area (Å²) in [7, 11) is 3.84. The van der Waals surface area contributed by atoms with Gasteiger partial charge in [-0.2, -0.15) is 0 Å². The van der Waals surface area contributed by atoms with Crippen molar-refractivity contribution in [2.75, 3.05) is 33.9 Å². The smallest absolute Gasteiger partial charge is 0.307 e. The van der Waals surface area contributed by atoms with Crippen LogP contribution in [0.3, 0.4) is 0 Å². The summed E-state index contributed by atoms with van der Waals surface area (Å²) in [5.41, 5.74) is 0. The van der Waals surface area contributed by atoms with Gasteiger partial charge in [-0.25, -0.2) is 0 Å². The van der Waals surface area contributed by atoms with Crippen LogP contribution in [-0.4, -0.2) is 68.3 Å². The minimum absolute atomic E-state index is 0.178. The molecule has 1 fully saturated rings. The van der Waals surface area contributed by atoms with Crippen LogP contribution in [0.15, 0.2) is 12.2 Å². The Kier molecular flexibility index (Phi) is 19.5. The second kappa shape index (κ2) is 21.3. The number of ether oxygens (including phenoxy) is 3. The molecule has 0 aromatic rings. The standard InChI is InChI=1S/C28H53NO5/c1-4-5-6-7-8-9-10-11-12-13-14-15-16-17-18-19-22-32-26-23-25(34-28(26)31)24-33-27(30)20-21-29(2)3/h11-12,25-26,28,31H,4-10,13-24H2,1-3H3/b12-11-/t25-,26?,28+/m0/s1. The molecule has 0 saturated carbocycles. The van der Waals surface area contributed by atoms with Crippen molar-refractivity contribution in [1.82, 2.24) is 4.90 Å². The number of aliphatic hydroxyl groups is 1. The van der Waals surface area contributed by atoms with Gasteiger partial charge in [0.25, 0.3) is 0 Å². The molecule has 34 heavy (non-hydrogen) atoms. The Morgan fingerprint density at radius 3 is 2.15 bits per heavy atom. The third-order valence-corrected chi connectivity index (χ3v) is 6.33. The molecule has 1 saturated heterocycles. The maximum Gasteiger partial charge on any atom is 0.307 e. The lowest BCUT2D eigenvalue weighted by molar-refractivity contribution is -0.161. The van der Waals surface area contributed by atoms with E-state index in [1.807, 2.05) is 19.0 Å². The first-order valence-electron chi connectivity index (χ1n) is 13.9. The van der Waals surface area contributed by atoms with Crippen LogP contribution in [0.25, 0.3) is 0 Å². The van der Waals surface area contributed by atoms with E-state index in [4.69, 9.17) is 14.2 Å². The number of carbonyl (C=O) groups excluding carboxylic acids is 1. The first-order valence-corrected chi connectivity index (χ1v) is 13.9. The number of hydrogen-bond acceptors (Lipinski definition) is 6. The largest absolute Gasteiger partial charge is 0.463 e. The molecule has 0 aromatic heterocycles. The topological polar surface area (TPSA) is 68.2 Å². The average Bonchev–Trinajstić information content (AvgIpc) is 3.17. The molecule has 0 aromatic carbocycles. The summed E-state index contributed by atoms with van der Waals surface area (Å²) in [6.07, 6.45) is 22.1. The Morgan fingerprint density at radius 1 is 0.941 bits per heavy atom. The van der Waals surface area contributed by atoms with Crippen LogP contribution < -0.4 is 0 Å². The van der Waals surface area contributed by atoms with Gasteiger partial charge in [0.2, 0.25) is 0 Å². The van der Waals surface area contributed by atoms with Crippen LogP contribution >= 0.6 is 0 Å². The normalized spacial score (nSPS) is 20.6. The third kappa shape index (κ3) is 17.5. The SMILES string of the molecule is CCCCCCCC/C=C\CCCCCCCCOC1C[C@@H](COC(=O)CCN(C)C)O[C@H]1O. The quantitative estimate of drug-likeness (QED) is 0.115. The first-order chi connectivity index (χ1) is 16.5. The zero-order chi connectivity index (χ0) is 24.9. The highest BCUT2D eigenvalue weighted by Gasteiger charge is 2.35. The van der Waals surface area contributed by atoms with Crippen molar-refractivity contribution in [3.8, 4) is 0 Å². The summed E-state index contributed by atoms with van der Waals surface area (Å²) in [4.78, 5) is 13.7. The van der Waals surface area contributed by atoms with Crippen LogP contribution in [0.5, 0.6) is 0 Å². The fourth-order valence-electron chi connectivity index (χ4n) is 4.13. The Bertz CT molecular complexity index is 511. The molecular formula is C28H53NO5. The molecule has 1 unspecified atom stereocenters. The molecule has 1 rings (SSSR count). The van der Waals surface area contributed by atoms with Crippen LogP contribution in [-0.2, 0) is 19.0 Å². The summed E-state index contributed by atoms with van der Waals surface area (Å²) in [6.45, 7) is 3.75. The number of esters is 1. The van der Waals surface area contributed by atoms with Gasteiger partial charge in [0.1, 0.15) is 12.7 Å². The van der Waals surface area contributed by atoms with Gasteiger partial charge in [-0.05, 0) is 46.2 Å². The van der Waals surface area contributed by atoms with E-state index in [1.54, 1.807) is 0 Å². The highest BCUT2D eigenvalue weighted by atomic mass is 16.7. The van der Waals surface area contributed by atoms with Crippen molar-refractivity contribution in [2.45, 2.75) is 128 Å². The second-order valence-electron chi connectivity index (χ2n) is 9.97. The first kappa shape index (κ1) is 31.1. The van der Waals surface area contributed by atoms with Crippen LogP contribution in [0.1, 0.15) is 110 Å². The lowest BCUT2D eigenvalue weighted by Crippen LogP contribution is -2.24. The summed E-state index contributed by atoms with van der Waals surface area (Å²) in [6, 6.07) is 0. The summed E-state index contributed by atoms with van der Waals surface area (Å²) >= 11 is 0. The molecule has 0 spiro atoms. The predicted octanol–water partition coefficient (Wildman–Crippen LogP) is 6.01. The van der Waals surface area contributed by atoms with E-state index in [0.29, 0.717) is 26.0 Å². The van der Waals surface area contributed by atoms with Crippen LogP contribution in [0, 0.1) is 0 Å². The van der Waals surface area contributed by atoms with Crippen molar-refractivity contribution in [3.63, 3.8) is 0 Å². The highest BCUT2D eigenvalue weighted by molar-refractivity contribution is 5.69. The van der Waals surface area contributed by atoms with Crippen LogP contribution in [0.2, 0.25) is 0 Å². The number of unbranched alkanes of at least 4 members (excludes halogenated alkanes) is 12. The molecule has 0 aliphatic carbocycles. The van der Waals surface area contributed by atoms with E-state index >= 15 is 0 Å². The average molecular weight is 484 g/mol. The van der Waals surface area contributed by atoms with Crippen LogP contribution in [0.4, 0.5) is 0 Å². The molecule has 6 heteroatoms. The maximum atomic E-state index is 11.7. The highest BCUT2D eigenvalue weighted by Crippen LogP contribution is 2.22. The van der Waals surface area contributed by atoms with Gasteiger partial charge in [-0.1, -0.05) is 76.9 Å². The van der Waals surface area contributed by atoms with Crippen molar-refractivity contribution in [3.05, 3.63) is 12.2 Å². The number of nitrogens with zero attached hydrogens (tertiary/aromatic N) is 1. The van der Waals surface area contributed by atoms with E-state index in [1.165, 1.54) is 77.0 Å². The number of hydrogen-bond donors (Lipinski definition) is 1. The Balaban J connectivity index is 1.89. The zero-order valence-corrected chi connectivity index (χ0v) is 22.3. The predicted molar refractivity (Wildman–Crippen MR) is 139 cm³/mol. The fraction of sp³-hybridized carbons (Fsp3) is 0.893. The number of allylic oxidation sites excluding steroid dienone is 2. The molecule has 1 aliphatic rings. The van der Waals surface area contributed by atoms with Gasteiger partial charge in [0, 0.05) is 19.6 Å². The molecule has 0 amide bonds. The molecule has 3 atom stereocenters. The summed E-state index contributed by atoms with van der Waals surface area (Å²) in [5, 5.41) is 10.0.